The van der Waals surface area contributed by atoms with Crippen molar-refractivity contribution in [3.63, 3.8) is 0 Å². The molecule has 1 N–H and O–H groups in total. The number of alkyl halides is 1. The quantitative estimate of drug-likeness (QED) is 0.818. The van der Waals surface area contributed by atoms with Crippen molar-refractivity contribution in [3.8, 4) is 0 Å². The first kappa shape index (κ1) is 11.5. The molecular weight excluding hydrogens is 224 g/mol. The summed E-state index contributed by atoms with van der Waals surface area (Å²) in [7, 11) is 3.87. The molecule has 16 heavy (non-hydrogen) atoms. The number of hydrogen-bond donors (Lipinski definition) is 1. The molecule has 1 aliphatic rings. The molecule has 1 heterocycles. The molecule has 0 saturated heterocycles. The molecule has 1 aromatic heterocycles. The van der Waals surface area contributed by atoms with E-state index in [4.69, 9.17) is 11.6 Å². The Morgan fingerprint density at radius 1 is 1.50 bits per heavy atom. The number of hydrogen-bond acceptors (Lipinski definition) is 4. The van der Waals surface area contributed by atoms with E-state index in [0.717, 1.165) is 31.2 Å². The molecule has 0 aliphatic heterocycles. The maximum atomic E-state index is 5.93. The average molecular weight is 241 g/mol. The van der Waals surface area contributed by atoms with Crippen molar-refractivity contribution in [2.75, 3.05) is 30.9 Å². The van der Waals surface area contributed by atoms with Gasteiger partial charge in [-0.1, -0.05) is 0 Å². The van der Waals surface area contributed by atoms with Gasteiger partial charge < -0.3 is 10.2 Å². The maximum absolute atomic E-state index is 5.93. The monoisotopic (exact) mass is 240 g/mol. The Hall–Kier alpha value is -1.03. The van der Waals surface area contributed by atoms with E-state index in [0.29, 0.717) is 11.3 Å². The molecule has 0 unspecified atom stereocenters. The van der Waals surface area contributed by atoms with Crippen LogP contribution in [0.5, 0.6) is 0 Å². The van der Waals surface area contributed by atoms with E-state index in [1.807, 2.05) is 25.1 Å². The van der Waals surface area contributed by atoms with Gasteiger partial charge in [-0.05, 0) is 24.8 Å². The minimum Gasteiger partial charge on any atom is -0.370 e. The minimum atomic E-state index is 0.384. The zero-order valence-corrected chi connectivity index (χ0v) is 10.4. The van der Waals surface area contributed by atoms with Crippen LogP contribution in [0.25, 0.3) is 0 Å². The van der Waals surface area contributed by atoms with Gasteiger partial charge in [0.25, 0.3) is 0 Å². The van der Waals surface area contributed by atoms with Crippen molar-refractivity contribution in [1.29, 1.82) is 0 Å². The van der Waals surface area contributed by atoms with Gasteiger partial charge in [-0.25, -0.2) is 4.98 Å². The summed E-state index contributed by atoms with van der Waals surface area (Å²) in [4.78, 5) is 10.5. The van der Waals surface area contributed by atoms with Gasteiger partial charge in [0, 0.05) is 32.2 Å². The van der Waals surface area contributed by atoms with Crippen LogP contribution in [-0.4, -0.2) is 36.0 Å². The van der Waals surface area contributed by atoms with Crippen LogP contribution in [0, 0.1) is 5.92 Å². The summed E-state index contributed by atoms with van der Waals surface area (Å²) in [6.07, 6.45) is 4.00. The van der Waals surface area contributed by atoms with E-state index in [1.54, 1.807) is 6.20 Å². The lowest BCUT2D eigenvalue weighted by Crippen LogP contribution is -2.30. The molecule has 1 saturated carbocycles. The average Bonchev–Trinajstić information content (AvgIpc) is 2.23. The molecule has 1 fully saturated rings. The Kier molecular flexibility index (Phi) is 3.49. The fourth-order valence-corrected chi connectivity index (χ4v) is 2.24. The number of nitrogens with zero attached hydrogens (tertiary/aromatic N) is 3. The van der Waals surface area contributed by atoms with Crippen LogP contribution >= 0.6 is 11.6 Å². The van der Waals surface area contributed by atoms with Crippen LogP contribution in [-0.2, 0) is 0 Å². The lowest BCUT2D eigenvalue weighted by molar-refractivity contribution is 0.341. The standard InChI is InChI=1S/C11H17ClN4/c1-16(2)11-13-4-3-10(15-11)14-7-8-5-9(12)6-8/h3-4,8-9H,5-7H2,1-2H3,(H,13,14,15). The highest BCUT2D eigenvalue weighted by Crippen LogP contribution is 2.31. The van der Waals surface area contributed by atoms with Gasteiger partial charge in [-0.2, -0.15) is 4.98 Å². The number of anilines is 2. The lowest BCUT2D eigenvalue weighted by atomic mass is 9.85. The smallest absolute Gasteiger partial charge is 0.226 e. The van der Waals surface area contributed by atoms with Crippen molar-refractivity contribution in [1.82, 2.24) is 9.97 Å². The van der Waals surface area contributed by atoms with Crippen molar-refractivity contribution in [2.24, 2.45) is 5.92 Å². The second-order valence-electron chi connectivity index (χ2n) is 4.45. The van der Waals surface area contributed by atoms with Gasteiger partial charge in [0.05, 0.1) is 0 Å². The predicted octanol–water partition coefficient (Wildman–Crippen LogP) is 1.97. The molecular formula is C11H17ClN4. The van der Waals surface area contributed by atoms with E-state index < -0.39 is 0 Å². The third kappa shape index (κ3) is 2.76. The first-order chi connectivity index (χ1) is 7.65. The fraction of sp³-hybridized carbons (Fsp3) is 0.636. The molecule has 88 valence electrons. The van der Waals surface area contributed by atoms with E-state index in [2.05, 4.69) is 15.3 Å². The highest BCUT2D eigenvalue weighted by Gasteiger charge is 2.26. The Bertz CT molecular complexity index is 350. The van der Waals surface area contributed by atoms with Gasteiger partial charge in [0.15, 0.2) is 0 Å². The van der Waals surface area contributed by atoms with E-state index in [-0.39, 0.29) is 0 Å². The normalized spacial score (nSPS) is 23.7. The molecule has 5 heteroatoms. The van der Waals surface area contributed by atoms with Crippen LogP contribution in [0.15, 0.2) is 12.3 Å². The predicted molar refractivity (Wildman–Crippen MR) is 67.2 cm³/mol. The molecule has 0 spiro atoms. The zero-order valence-electron chi connectivity index (χ0n) is 9.65. The zero-order chi connectivity index (χ0) is 11.5. The third-order valence-electron chi connectivity index (χ3n) is 2.79. The first-order valence-corrected chi connectivity index (χ1v) is 5.97. The Morgan fingerprint density at radius 3 is 2.88 bits per heavy atom. The molecule has 0 radical (unpaired) electrons. The van der Waals surface area contributed by atoms with E-state index in [1.165, 1.54) is 0 Å². The van der Waals surface area contributed by atoms with Gasteiger partial charge in [-0.3, -0.25) is 0 Å². The Labute approximate surface area is 101 Å². The van der Waals surface area contributed by atoms with E-state index in [9.17, 15) is 0 Å². The Morgan fingerprint density at radius 2 is 2.25 bits per heavy atom. The molecule has 0 bridgehead atoms. The number of rotatable bonds is 4. The van der Waals surface area contributed by atoms with Gasteiger partial charge >= 0.3 is 0 Å². The summed E-state index contributed by atoms with van der Waals surface area (Å²) < 4.78 is 0. The summed E-state index contributed by atoms with van der Waals surface area (Å²) >= 11 is 5.93. The van der Waals surface area contributed by atoms with Crippen LogP contribution in [0.4, 0.5) is 11.8 Å². The van der Waals surface area contributed by atoms with Crippen molar-refractivity contribution < 1.29 is 0 Å². The highest BCUT2D eigenvalue weighted by molar-refractivity contribution is 6.21. The summed E-state index contributed by atoms with van der Waals surface area (Å²) in [5.41, 5.74) is 0. The summed E-state index contributed by atoms with van der Waals surface area (Å²) in [6, 6.07) is 1.89. The second-order valence-corrected chi connectivity index (χ2v) is 5.07. The Balaban J connectivity index is 1.86. The molecule has 0 aromatic carbocycles. The molecule has 0 amide bonds. The van der Waals surface area contributed by atoms with Gasteiger partial charge in [-0.15, -0.1) is 11.6 Å². The number of nitrogens with one attached hydrogen (secondary N) is 1. The molecule has 0 atom stereocenters. The summed E-state index contributed by atoms with van der Waals surface area (Å²) in [5, 5.41) is 3.71. The van der Waals surface area contributed by atoms with Crippen LogP contribution in [0.3, 0.4) is 0 Å². The molecule has 1 aromatic rings. The van der Waals surface area contributed by atoms with Gasteiger partial charge in [0.2, 0.25) is 5.95 Å². The molecule has 4 nitrogen and oxygen atoms in total. The number of aromatic nitrogens is 2. The SMILES string of the molecule is CN(C)c1nccc(NCC2CC(Cl)C2)n1. The van der Waals surface area contributed by atoms with Crippen molar-refractivity contribution in [2.45, 2.75) is 18.2 Å². The van der Waals surface area contributed by atoms with Crippen LogP contribution in [0.1, 0.15) is 12.8 Å². The fourth-order valence-electron chi connectivity index (χ4n) is 1.73. The maximum Gasteiger partial charge on any atom is 0.226 e. The largest absolute Gasteiger partial charge is 0.370 e. The highest BCUT2D eigenvalue weighted by atomic mass is 35.5. The number of halogens is 1. The summed E-state index contributed by atoms with van der Waals surface area (Å²) in [5.74, 6) is 2.31. The minimum absolute atomic E-state index is 0.384. The lowest BCUT2D eigenvalue weighted by Gasteiger charge is -2.31. The second kappa shape index (κ2) is 4.87. The molecule has 2 rings (SSSR count). The molecule has 1 aliphatic carbocycles. The van der Waals surface area contributed by atoms with Crippen molar-refractivity contribution in [3.05, 3.63) is 12.3 Å². The summed E-state index contributed by atoms with van der Waals surface area (Å²) in [6.45, 7) is 0.951. The van der Waals surface area contributed by atoms with Crippen molar-refractivity contribution >= 4 is 23.4 Å². The van der Waals surface area contributed by atoms with Gasteiger partial charge in [0.1, 0.15) is 5.82 Å². The topological polar surface area (TPSA) is 41.1 Å². The third-order valence-corrected chi connectivity index (χ3v) is 3.15. The first-order valence-electron chi connectivity index (χ1n) is 5.53. The van der Waals surface area contributed by atoms with Crippen LogP contribution < -0.4 is 10.2 Å². The van der Waals surface area contributed by atoms with Crippen LogP contribution in [0.2, 0.25) is 0 Å². The van der Waals surface area contributed by atoms with E-state index >= 15 is 0 Å².